The number of hydrogen-bond donors (Lipinski definition) is 1. The number of nitrogens with one attached hydrogen (secondary N) is 1. The molecule has 2 atom stereocenters. The summed E-state index contributed by atoms with van der Waals surface area (Å²) in [5, 5.41) is 1.69. The molecule has 3 rings (SSSR count). The van der Waals surface area contributed by atoms with Gasteiger partial charge in [0, 0.05) is 6.08 Å². The molecule has 0 saturated heterocycles. The molecule has 0 fully saturated rings. The summed E-state index contributed by atoms with van der Waals surface area (Å²) in [6.07, 6.45) is 5.66. The number of rotatable bonds is 6. The standard InChI is InChI=1S/C17H15NO4S2/c19-16-11-10-15(22-16)14(9-8-13-5-2-1-3-6-13)18-24(20,21)17-7-4-12-23-17/h1-12,14-15,18H/b9-8+/t14-,15-/m0/s1. The summed E-state index contributed by atoms with van der Waals surface area (Å²) in [7, 11) is -3.68. The van der Waals surface area contributed by atoms with E-state index in [-0.39, 0.29) is 4.21 Å². The van der Waals surface area contributed by atoms with Gasteiger partial charge in [0.1, 0.15) is 10.3 Å². The van der Waals surface area contributed by atoms with E-state index in [2.05, 4.69) is 4.72 Å². The third-order valence-electron chi connectivity index (χ3n) is 3.37. The summed E-state index contributed by atoms with van der Waals surface area (Å²) in [4.78, 5) is 11.3. The van der Waals surface area contributed by atoms with E-state index in [4.69, 9.17) is 4.74 Å². The number of hydrogen-bond acceptors (Lipinski definition) is 5. The lowest BCUT2D eigenvalue weighted by Gasteiger charge is -2.19. The van der Waals surface area contributed by atoms with Crippen molar-refractivity contribution in [2.24, 2.45) is 0 Å². The topological polar surface area (TPSA) is 72.5 Å². The van der Waals surface area contributed by atoms with Crippen LogP contribution in [-0.4, -0.2) is 26.5 Å². The molecule has 124 valence electrons. The smallest absolute Gasteiger partial charge is 0.331 e. The summed E-state index contributed by atoms with van der Waals surface area (Å²) in [5.41, 5.74) is 0.922. The van der Waals surface area contributed by atoms with Crippen LogP contribution in [-0.2, 0) is 19.6 Å². The first-order valence-corrected chi connectivity index (χ1v) is 9.59. The second-order valence-corrected chi connectivity index (χ2v) is 8.00. The Labute approximate surface area is 144 Å². The van der Waals surface area contributed by atoms with E-state index >= 15 is 0 Å². The van der Waals surface area contributed by atoms with Crippen molar-refractivity contribution in [3.63, 3.8) is 0 Å². The highest BCUT2D eigenvalue weighted by Crippen LogP contribution is 2.19. The predicted molar refractivity (Wildman–Crippen MR) is 92.9 cm³/mol. The quantitative estimate of drug-likeness (QED) is 0.803. The van der Waals surface area contributed by atoms with E-state index in [0.717, 1.165) is 16.9 Å². The average Bonchev–Trinajstić information content (AvgIpc) is 3.24. The molecule has 7 heteroatoms. The highest BCUT2D eigenvalue weighted by atomic mass is 32.2. The zero-order chi connectivity index (χ0) is 17.0. The molecule has 2 heterocycles. The Morgan fingerprint density at radius 1 is 1.17 bits per heavy atom. The molecule has 1 aliphatic rings. The molecule has 0 radical (unpaired) electrons. The van der Waals surface area contributed by atoms with Crippen LogP contribution in [0.4, 0.5) is 0 Å². The van der Waals surface area contributed by atoms with Crippen molar-refractivity contribution in [1.82, 2.24) is 4.72 Å². The second kappa shape index (κ2) is 7.12. The molecule has 5 nitrogen and oxygen atoms in total. The van der Waals surface area contributed by atoms with E-state index in [9.17, 15) is 13.2 Å². The van der Waals surface area contributed by atoms with Gasteiger partial charge in [-0.2, -0.15) is 4.72 Å². The Morgan fingerprint density at radius 2 is 1.96 bits per heavy atom. The molecule has 24 heavy (non-hydrogen) atoms. The zero-order valence-corrected chi connectivity index (χ0v) is 14.2. The van der Waals surface area contributed by atoms with Gasteiger partial charge in [-0.1, -0.05) is 48.6 Å². The second-order valence-electron chi connectivity index (χ2n) is 5.11. The average molecular weight is 361 g/mol. The first kappa shape index (κ1) is 16.6. The number of carbonyl (C=O) groups is 1. The van der Waals surface area contributed by atoms with Crippen molar-refractivity contribution in [2.45, 2.75) is 16.4 Å². The summed E-state index contributed by atoms with van der Waals surface area (Å²) in [6, 6.07) is 12.0. The van der Waals surface area contributed by atoms with Crippen LogP contribution < -0.4 is 4.72 Å². The van der Waals surface area contributed by atoms with Crippen molar-refractivity contribution in [2.75, 3.05) is 0 Å². The Morgan fingerprint density at radius 3 is 2.58 bits per heavy atom. The number of benzene rings is 1. The van der Waals surface area contributed by atoms with E-state index in [0.29, 0.717) is 0 Å². The van der Waals surface area contributed by atoms with Crippen LogP contribution in [0, 0.1) is 0 Å². The number of cyclic esters (lactones) is 1. The minimum atomic E-state index is -3.68. The summed E-state index contributed by atoms with van der Waals surface area (Å²) >= 11 is 1.13. The zero-order valence-electron chi connectivity index (χ0n) is 12.5. The van der Waals surface area contributed by atoms with Crippen molar-refractivity contribution in [3.05, 3.63) is 71.6 Å². The third kappa shape index (κ3) is 4.00. The number of esters is 1. The largest absolute Gasteiger partial charge is 0.453 e. The fraction of sp³-hybridized carbons (Fsp3) is 0.118. The van der Waals surface area contributed by atoms with Gasteiger partial charge in [0.15, 0.2) is 0 Å². The van der Waals surface area contributed by atoms with E-state index in [1.807, 2.05) is 30.3 Å². The Hall–Kier alpha value is -2.22. The van der Waals surface area contributed by atoms with Crippen LogP contribution in [0.1, 0.15) is 5.56 Å². The molecule has 1 aliphatic heterocycles. The molecule has 0 amide bonds. The van der Waals surface area contributed by atoms with Gasteiger partial charge in [0.25, 0.3) is 10.0 Å². The van der Waals surface area contributed by atoms with Crippen LogP contribution in [0.15, 0.2) is 70.3 Å². The maximum absolute atomic E-state index is 12.5. The van der Waals surface area contributed by atoms with Gasteiger partial charge in [-0.25, -0.2) is 13.2 Å². The number of carbonyl (C=O) groups excluding carboxylic acids is 1. The summed E-state index contributed by atoms with van der Waals surface area (Å²) in [6.45, 7) is 0. The van der Waals surface area contributed by atoms with Gasteiger partial charge in [-0.15, -0.1) is 11.3 Å². The fourth-order valence-corrected chi connectivity index (χ4v) is 4.44. The Balaban J connectivity index is 1.84. The van der Waals surface area contributed by atoms with Gasteiger partial charge in [-0.3, -0.25) is 0 Å². The molecule has 1 aromatic heterocycles. The number of thiophene rings is 1. The Bertz CT molecular complexity index is 855. The minimum Gasteiger partial charge on any atom is -0.453 e. The van der Waals surface area contributed by atoms with Crippen molar-refractivity contribution in [3.8, 4) is 0 Å². The first-order valence-electron chi connectivity index (χ1n) is 7.22. The molecule has 0 bridgehead atoms. The molecule has 1 aromatic carbocycles. The lowest BCUT2D eigenvalue weighted by Crippen LogP contribution is -2.41. The van der Waals surface area contributed by atoms with Crippen LogP contribution >= 0.6 is 11.3 Å². The first-order chi connectivity index (χ1) is 11.5. The molecule has 0 unspecified atom stereocenters. The third-order valence-corrected chi connectivity index (χ3v) is 6.23. The highest BCUT2D eigenvalue weighted by Gasteiger charge is 2.29. The van der Waals surface area contributed by atoms with Crippen LogP contribution in [0.5, 0.6) is 0 Å². The maximum Gasteiger partial charge on any atom is 0.331 e. The van der Waals surface area contributed by atoms with E-state index in [1.54, 1.807) is 29.7 Å². The fourth-order valence-electron chi connectivity index (χ4n) is 2.23. The van der Waals surface area contributed by atoms with Gasteiger partial charge in [0.05, 0.1) is 6.04 Å². The Kier molecular flexibility index (Phi) is 4.94. The minimum absolute atomic E-state index is 0.217. The maximum atomic E-state index is 12.5. The monoisotopic (exact) mass is 361 g/mol. The molecule has 0 spiro atoms. The van der Waals surface area contributed by atoms with E-state index in [1.165, 1.54) is 12.1 Å². The van der Waals surface area contributed by atoms with Crippen LogP contribution in [0.3, 0.4) is 0 Å². The summed E-state index contributed by atoms with van der Waals surface area (Å²) in [5.74, 6) is -0.478. The lowest BCUT2D eigenvalue weighted by atomic mass is 10.1. The summed E-state index contributed by atoms with van der Waals surface area (Å²) < 4.78 is 32.9. The van der Waals surface area contributed by atoms with Gasteiger partial charge >= 0.3 is 5.97 Å². The normalized spacial score (nSPS) is 18.8. The van der Waals surface area contributed by atoms with Gasteiger partial charge < -0.3 is 4.74 Å². The van der Waals surface area contributed by atoms with Crippen LogP contribution in [0.2, 0.25) is 0 Å². The number of ether oxygens (including phenoxy) is 1. The number of sulfonamides is 1. The van der Waals surface area contributed by atoms with Crippen molar-refractivity contribution < 1.29 is 17.9 Å². The molecular formula is C17H15NO4S2. The predicted octanol–water partition coefficient (Wildman–Crippen LogP) is 2.59. The highest BCUT2D eigenvalue weighted by molar-refractivity contribution is 7.91. The molecule has 0 aliphatic carbocycles. The van der Waals surface area contributed by atoms with Crippen LogP contribution in [0.25, 0.3) is 6.08 Å². The molecule has 0 saturated carbocycles. The van der Waals surface area contributed by atoms with Crippen molar-refractivity contribution >= 4 is 33.4 Å². The molecule has 1 N–H and O–H groups in total. The lowest BCUT2D eigenvalue weighted by molar-refractivity contribution is -0.139. The van der Waals surface area contributed by atoms with Gasteiger partial charge in [-0.05, 0) is 23.1 Å². The molecular weight excluding hydrogens is 346 g/mol. The SMILES string of the molecule is O=C1C=C[C@@H]([C@H](/C=C/c2ccccc2)NS(=O)(=O)c2cccs2)O1. The van der Waals surface area contributed by atoms with Gasteiger partial charge in [0.2, 0.25) is 0 Å². The van der Waals surface area contributed by atoms with Crippen molar-refractivity contribution in [1.29, 1.82) is 0 Å². The molecule has 2 aromatic rings. The van der Waals surface area contributed by atoms with E-state index < -0.39 is 28.1 Å².